The van der Waals surface area contributed by atoms with Crippen LogP contribution in [0.4, 0.5) is 0 Å². The number of carbonyl (C=O) groups is 1. The number of ketones is 1. The Morgan fingerprint density at radius 3 is 2.55 bits per heavy atom. The largest absolute Gasteiger partial charge is 0.293 e. The van der Waals surface area contributed by atoms with Crippen molar-refractivity contribution in [3.8, 4) is 0 Å². The number of aryl methyl sites for hydroxylation is 1. The Balaban J connectivity index is 2.22. The maximum atomic E-state index is 12.3. The average molecular weight is 327 g/mol. The SMILES string of the molecule is Cc1ccccc1S(=O)CC(=O)c1cc(Cl)ccc1Cl. The lowest BCUT2D eigenvalue weighted by atomic mass is 10.1. The molecule has 2 rings (SSSR count). The van der Waals surface area contributed by atoms with Crippen LogP contribution in [0.1, 0.15) is 15.9 Å². The van der Waals surface area contributed by atoms with Gasteiger partial charge in [-0.2, -0.15) is 0 Å². The smallest absolute Gasteiger partial charge is 0.177 e. The van der Waals surface area contributed by atoms with Crippen molar-refractivity contribution >= 4 is 39.8 Å². The summed E-state index contributed by atoms with van der Waals surface area (Å²) < 4.78 is 12.3. The maximum absolute atomic E-state index is 12.3. The summed E-state index contributed by atoms with van der Waals surface area (Å²) in [6, 6.07) is 12.0. The Morgan fingerprint density at radius 2 is 1.85 bits per heavy atom. The van der Waals surface area contributed by atoms with Gasteiger partial charge in [0.15, 0.2) is 5.78 Å². The van der Waals surface area contributed by atoms with Gasteiger partial charge in [0.1, 0.15) is 0 Å². The highest BCUT2D eigenvalue weighted by Gasteiger charge is 2.16. The number of hydrogen-bond acceptors (Lipinski definition) is 2. The fourth-order valence-corrected chi connectivity index (χ4v) is 3.40. The van der Waals surface area contributed by atoms with Crippen molar-refractivity contribution in [3.63, 3.8) is 0 Å². The van der Waals surface area contributed by atoms with Crippen LogP contribution in [0.15, 0.2) is 47.4 Å². The van der Waals surface area contributed by atoms with E-state index < -0.39 is 10.8 Å². The summed E-state index contributed by atoms with van der Waals surface area (Å²) in [5.74, 6) is -0.385. The minimum Gasteiger partial charge on any atom is -0.293 e. The second-order valence-electron chi connectivity index (χ2n) is 4.30. The zero-order chi connectivity index (χ0) is 14.7. The summed E-state index contributed by atoms with van der Waals surface area (Å²) in [5.41, 5.74) is 1.21. The topological polar surface area (TPSA) is 34.1 Å². The maximum Gasteiger partial charge on any atom is 0.177 e. The Morgan fingerprint density at radius 1 is 1.15 bits per heavy atom. The molecule has 20 heavy (non-hydrogen) atoms. The Labute approximate surface area is 130 Å². The van der Waals surface area contributed by atoms with Gasteiger partial charge >= 0.3 is 0 Å². The van der Waals surface area contributed by atoms with Crippen molar-refractivity contribution in [1.29, 1.82) is 0 Å². The molecule has 0 aliphatic carbocycles. The molecule has 1 atom stereocenters. The third kappa shape index (κ3) is 3.48. The van der Waals surface area contributed by atoms with E-state index in [9.17, 15) is 9.00 Å². The molecule has 0 aliphatic rings. The molecule has 5 heteroatoms. The van der Waals surface area contributed by atoms with Crippen molar-refractivity contribution in [2.75, 3.05) is 5.75 Å². The van der Waals surface area contributed by atoms with Gasteiger partial charge in [0.05, 0.1) is 21.6 Å². The summed E-state index contributed by atoms with van der Waals surface area (Å²) in [4.78, 5) is 12.8. The van der Waals surface area contributed by atoms with Crippen LogP contribution < -0.4 is 0 Å². The second kappa shape index (κ2) is 6.53. The fourth-order valence-electron chi connectivity index (χ4n) is 1.80. The lowest BCUT2D eigenvalue weighted by Crippen LogP contribution is -2.12. The number of rotatable bonds is 4. The van der Waals surface area contributed by atoms with Crippen molar-refractivity contribution in [2.24, 2.45) is 0 Å². The first-order valence-electron chi connectivity index (χ1n) is 5.91. The summed E-state index contributed by atoms with van der Waals surface area (Å²) >= 11 is 11.8. The molecule has 2 nitrogen and oxygen atoms in total. The molecule has 0 aromatic heterocycles. The number of hydrogen-bond donors (Lipinski definition) is 0. The highest BCUT2D eigenvalue weighted by Crippen LogP contribution is 2.22. The van der Waals surface area contributed by atoms with E-state index in [-0.39, 0.29) is 11.5 Å². The van der Waals surface area contributed by atoms with Gasteiger partial charge in [-0.3, -0.25) is 9.00 Å². The highest BCUT2D eigenvalue weighted by molar-refractivity contribution is 7.85. The van der Waals surface area contributed by atoms with E-state index in [1.807, 2.05) is 19.1 Å². The number of halogens is 2. The van der Waals surface area contributed by atoms with Gasteiger partial charge in [-0.15, -0.1) is 0 Å². The van der Waals surface area contributed by atoms with Gasteiger partial charge in [-0.05, 0) is 36.8 Å². The van der Waals surface area contributed by atoms with Gasteiger partial charge in [0.2, 0.25) is 0 Å². The zero-order valence-electron chi connectivity index (χ0n) is 10.7. The lowest BCUT2D eigenvalue weighted by Gasteiger charge is -2.06. The predicted octanol–water partition coefficient (Wildman–Crippen LogP) is 4.29. The van der Waals surface area contributed by atoms with E-state index in [0.29, 0.717) is 20.5 Å². The van der Waals surface area contributed by atoms with E-state index in [1.165, 1.54) is 6.07 Å². The summed E-state index contributed by atoms with van der Waals surface area (Å²) in [6.07, 6.45) is 0. The van der Waals surface area contributed by atoms with E-state index >= 15 is 0 Å². The van der Waals surface area contributed by atoms with Crippen molar-refractivity contribution in [1.82, 2.24) is 0 Å². The molecule has 0 aliphatic heterocycles. The van der Waals surface area contributed by atoms with E-state index in [1.54, 1.807) is 24.3 Å². The third-order valence-corrected chi connectivity index (χ3v) is 4.87. The molecule has 0 bridgehead atoms. The molecule has 0 heterocycles. The Bertz CT molecular complexity index is 683. The first-order valence-corrected chi connectivity index (χ1v) is 7.99. The molecule has 0 N–H and O–H groups in total. The molecule has 0 spiro atoms. The van der Waals surface area contributed by atoms with Gasteiger partial charge < -0.3 is 0 Å². The molecule has 0 saturated carbocycles. The van der Waals surface area contributed by atoms with Gasteiger partial charge in [0, 0.05) is 15.5 Å². The van der Waals surface area contributed by atoms with Crippen LogP contribution in [0.3, 0.4) is 0 Å². The Hall–Kier alpha value is -1.16. The zero-order valence-corrected chi connectivity index (χ0v) is 13.1. The number of benzene rings is 2. The molecular weight excluding hydrogens is 315 g/mol. The first kappa shape index (κ1) is 15.2. The highest BCUT2D eigenvalue weighted by atomic mass is 35.5. The predicted molar refractivity (Wildman–Crippen MR) is 83.2 cm³/mol. The third-order valence-electron chi connectivity index (χ3n) is 2.83. The van der Waals surface area contributed by atoms with E-state index in [4.69, 9.17) is 23.2 Å². The quantitative estimate of drug-likeness (QED) is 0.785. The van der Waals surface area contributed by atoms with Crippen molar-refractivity contribution in [3.05, 3.63) is 63.6 Å². The molecule has 0 amide bonds. The van der Waals surface area contributed by atoms with Crippen LogP contribution in [0, 0.1) is 6.92 Å². The summed E-state index contributed by atoms with van der Waals surface area (Å²) in [5, 5.41) is 0.751. The molecule has 0 fully saturated rings. The molecular formula is C15H12Cl2O2S. The van der Waals surface area contributed by atoms with Crippen LogP contribution in [-0.2, 0) is 10.8 Å². The second-order valence-corrected chi connectivity index (χ2v) is 6.57. The van der Waals surface area contributed by atoms with Gasteiger partial charge in [0.25, 0.3) is 0 Å². The monoisotopic (exact) mass is 326 g/mol. The van der Waals surface area contributed by atoms with Crippen LogP contribution in [-0.4, -0.2) is 15.7 Å². The van der Waals surface area contributed by atoms with Crippen molar-refractivity contribution < 1.29 is 9.00 Å². The standard InChI is InChI=1S/C15H12Cl2O2S/c1-10-4-2-3-5-15(10)20(19)9-14(18)12-8-11(16)6-7-13(12)17/h2-8H,9H2,1H3. The van der Waals surface area contributed by atoms with Gasteiger partial charge in [-0.1, -0.05) is 41.4 Å². The molecule has 0 saturated heterocycles. The fraction of sp³-hybridized carbons (Fsp3) is 0.133. The number of Topliss-reactive ketones (excluding diaryl/α,β-unsaturated/α-hetero) is 1. The molecule has 104 valence electrons. The minimum absolute atomic E-state index is 0.106. The van der Waals surface area contributed by atoms with Crippen LogP contribution in [0.2, 0.25) is 10.0 Å². The average Bonchev–Trinajstić information content (AvgIpc) is 2.41. The molecule has 0 radical (unpaired) electrons. The minimum atomic E-state index is -1.39. The normalized spacial score (nSPS) is 12.2. The van der Waals surface area contributed by atoms with Crippen LogP contribution >= 0.6 is 23.2 Å². The van der Waals surface area contributed by atoms with E-state index in [2.05, 4.69) is 0 Å². The van der Waals surface area contributed by atoms with E-state index in [0.717, 1.165) is 5.56 Å². The van der Waals surface area contributed by atoms with Crippen LogP contribution in [0.25, 0.3) is 0 Å². The number of carbonyl (C=O) groups excluding carboxylic acids is 1. The summed E-state index contributed by atoms with van der Waals surface area (Å²) in [6.45, 7) is 1.87. The first-order chi connectivity index (χ1) is 9.49. The lowest BCUT2D eigenvalue weighted by molar-refractivity contribution is 0.102. The van der Waals surface area contributed by atoms with Crippen LogP contribution in [0.5, 0.6) is 0 Å². The molecule has 1 unspecified atom stereocenters. The Kier molecular flexibility index (Phi) is 4.97. The molecule has 2 aromatic rings. The van der Waals surface area contributed by atoms with Gasteiger partial charge in [-0.25, -0.2) is 0 Å². The molecule has 2 aromatic carbocycles. The van der Waals surface area contributed by atoms with Crippen molar-refractivity contribution in [2.45, 2.75) is 11.8 Å². The summed E-state index contributed by atoms with van der Waals surface area (Å²) in [7, 11) is -1.39.